The number of amides is 1. The third-order valence-electron chi connectivity index (χ3n) is 6.09. The van der Waals surface area contributed by atoms with Gasteiger partial charge in [0.15, 0.2) is 11.4 Å². The molecule has 0 radical (unpaired) electrons. The molecule has 0 aliphatic carbocycles. The number of aromatic nitrogens is 2. The van der Waals surface area contributed by atoms with Gasteiger partial charge in [-0.25, -0.2) is 22.6 Å². The maximum Gasteiger partial charge on any atom is 0.437 e. The largest absolute Gasteiger partial charge is 0.437 e. The van der Waals surface area contributed by atoms with Crippen molar-refractivity contribution in [2.24, 2.45) is 0 Å². The molecule has 4 aromatic rings. The van der Waals surface area contributed by atoms with E-state index in [0.717, 1.165) is 17.4 Å². The van der Waals surface area contributed by atoms with Crippen LogP contribution in [0.3, 0.4) is 0 Å². The number of carbonyl (C=O) groups excluding carboxylic acids is 1. The Kier molecular flexibility index (Phi) is 9.44. The summed E-state index contributed by atoms with van der Waals surface area (Å²) in [6.45, 7) is 5.13. The van der Waals surface area contributed by atoms with Crippen molar-refractivity contribution in [3.63, 3.8) is 0 Å². The summed E-state index contributed by atoms with van der Waals surface area (Å²) in [4.78, 5) is 14.4. The number of halogens is 4. The molecule has 0 atom stereocenters. The number of anilines is 2. The van der Waals surface area contributed by atoms with Crippen LogP contribution >= 0.6 is 11.6 Å². The fraction of sp³-hybridized carbons (Fsp3) is 0.214. The van der Waals surface area contributed by atoms with Crippen molar-refractivity contribution >= 4 is 39.1 Å². The number of ether oxygens (including phenoxy) is 1. The molecular weight excluding hydrogens is 595 g/mol. The van der Waals surface area contributed by atoms with Gasteiger partial charge in [-0.3, -0.25) is 5.32 Å². The number of aryl methyl sites for hydroxylation is 1. The van der Waals surface area contributed by atoms with E-state index in [1.54, 1.807) is 0 Å². The van der Waals surface area contributed by atoms with Crippen molar-refractivity contribution in [1.29, 1.82) is 0 Å². The van der Waals surface area contributed by atoms with Crippen LogP contribution in [0.4, 0.5) is 29.3 Å². The Bertz CT molecular complexity index is 1660. The summed E-state index contributed by atoms with van der Waals surface area (Å²) in [5.41, 5.74) is 0.783. The van der Waals surface area contributed by atoms with E-state index in [-0.39, 0.29) is 22.8 Å². The molecule has 3 aromatic carbocycles. The van der Waals surface area contributed by atoms with Gasteiger partial charge in [0.25, 0.3) is 0 Å². The number of sulfonamides is 1. The van der Waals surface area contributed by atoms with Gasteiger partial charge < -0.3 is 9.64 Å². The van der Waals surface area contributed by atoms with Gasteiger partial charge in [0, 0.05) is 36.0 Å². The quantitative estimate of drug-likeness (QED) is 0.216. The van der Waals surface area contributed by atoms with Crippen LogP contribution in [0.5, 0.6) is 5.75 Å². The number of rotatable bonds is 10. The summed E-state index contributed by atoms with van der Waals surface area (Å²) < 4.78 is 75.5. The molecule has 0 aliphatic rings. The first-order chi connectivity index (χ1) is 19.9. The van der Waals surface area contributed by atoms with Crippen molar-refractivity contribution in [3.8, 4) is 11.4 Å². The van der Waals surface area contributed by atoms with E-state index in [9.17, 15) is 26.4 Å². The lowest BCUT2D eigenvalue weighted by molar-refractivity contribution is -0.143. The van der Waals surface area contributed by atoms with Crippen LogP contribution in [0, 0.1) is 6.92 Å². The minimum atomic E-state index is -4.92. The van der Waals surface area contributed by atoms with Crippen LogP contribution in [0.1, 0.15) is 18.2 Å². The monoisotopic (exact) mass is 621 g/mol. The van der Waals surface area contributed by atoms with Gasteiger partial charge in [-0.05, 0) is 74.0 Å². The highest BCUT2D eigenvalue weighted by Gasteiger charge is 2.40. The summed E-state index contributed by atoms with van der Waals surface area (Å²) >= 11 is 5.82. The van der Waals surface area contributed by atoms with E-state index < -0.39 is 33.7 Å². The third-order valence-corrected chi connectivity index (χ3v) is 7.80. The molecule has 2 N–H and O–H groups in total. The van der Waals surface area contributed by atoms with Gasteiger partial charge in [0.05, 0.1) is 16.8 Å². The summed E-state index contributed by atoms with van der Waals surface area (Å²) in [7, 11) is -3.97. The van der Waals surface area contributed by atoms with E-state index >= 15 is 0 Å². The summed E-state index contributed by atoms with van der Waals surface area (Å²) in [6.07, 6.45) is -5.42. The Balaban J connectivity index is 1.43. The number of nitrogens with zero attached hydrogens (tertiary/aromatic N) is 3. The zero-order chi connectivity index (χ0) is 30.5. The number of hydrogen-bond donors (Lipinski definition) is 2. The number of benzene rings is 3. The molecule has 0 spiro atoms. The Morgan fingerprint density at radius 1 is 1.07 bits per heavy atom. The highest BCUT2D eigenvalue weighted by Crippen LogP contribution is 2.38. The lowest BCUT2D eigenvalue weighted by Gasteiger charge is -2.23. The van der Waals surface area contributed by atoms with Crippen LogP contribution in [-0.2, 0) is 16.2 Å². The second-order valence-corrected chi connectivity index (χ2v) is 11.3. The second-order valence-electron chi connectivity index (χ2n) is 9.10. The number of carbonyl (C=O) groups is 1. The van der Waals surface area contributed by atoms with Crippen molar-refractivity contribution in [1.82, 2.24) is 14.5 Å². The molecule has 1 aromatic heterocycles. The smallest absolute Gasteiger partial charge is 0.406 e. The standard InChI is InChI=1S/C28H27ClF3N5O4S/c1-3-36(23-8-4-6-19(2)16-23)15-14-34-42(39,40)24-9-5-7-21(17-24)35-27(38)41-25-18-33-37(26(25)28(30,31)32)22-12-10-20(29)11-13-22/h4-13,16-18,34H,3,14-15H2,1-2H3,(H,35,38). The van der Waals surface area contributed by atoms with Crippen LogP contribution in [0.15, 0.2) is 83.9 Å². The maximum absolute atomic E-state index is 13.9. The Morgan fingerprint density at radius 3 is 2.45 bits per heavy atom. The highest BCUT2D eigenvalue weighted by molar-refractivity contribution is 7.89. The predicted molar refractivity (Wildman–Crippen MR) is 154 cm³/mol. The van der Waals surface area contributed by atoms with Crippen LogP contribution in [0.2, 0.25) is 5.02 Å². The lowest BCUT2D eigenvalue weighted by atomic mass is 10.2. The third kappa shape index (κ3) is 7.60. The molecular formula is C28H27ClF3N5O4S. The number of likely N-dealkylation sites (N-methyl/N-ethyl adjacent to an activating group) is 1. The molecule has 0 unspecified atom stereocenters. The van der Waals surface area contributed by atoms with Gasteiger partial charge in [-0.1, -0.05) is 29.8 Å². The number of hydrogen-bond acceptors (Lipinski definition) is 6. The molecule has 0 saturated carbocycles. The highest BCUT2D eigenvalue weighted by atomic mass is 35.5. The first kappa shape index (κ1) is 30.9. The van der Waals surface area contributed by atoms with Gasteiger partial charge in [0.2, 0.25) is 10.0 Å². The summed E-state index contributed by atoms with van der Waals surface area (Å²) in [5, 5.41) is 6.30. The number of nitrogens with one attached hydrogen (secondary N) is 2. The van der Waals surface area contributed by atoms with Crippen molar-refractivity contribution in [2.45, 2.75) is 24.9 Å². The van der Waals surface area contributed by atoms with Gasteiger partial charge in [0.1, 0.15) is 0 Å². The minimum Gasteiger partial charge on any atom is -0.406 e. The molecule has 0 fully saturated rings. The zero-order valence-electron chi connectivity index (χ0n) is 22.5. The average Bonchev–Trinajstić information content (AvgIpc) is 3.35. The van der Waals surface area contributed by atoms with E-state index in [1.165, 1.54) is 48.5 Å². The average molecular weight is 622 g/mol. The topological polar surface area (TPSA) is 106 Å². The fourth-order valence-corrected chi connectivity index (χ4v) is 5.32. The van der Waals surface area contributed by atoms with Crippen LogP contribution in [0.25, 0.3) is 5.69 Å². The van der Waals surface area contributed by atoms with Crippen LogP contribution in [-0.4, -0.2) is 43.9 Å². The summed E-state index contributed by atoms with van der Waals surface area (Å²) in [5.74, 6) is -0.838. The predicted octanol–water partition coefficient (Wildman–Crippen LogP) is 6.27. The Hall–Kier alpha value is -4.07. The molecule has 0 bridgehead atoms. The van der Waals surface area contributed by atoms with Crippen LogP contribution < -0.4 is 19.7 Å². The molecule has 1 amide bonds. The first-order valence-electron chi connectivity index (χ1n) is 12.7. The Morgan fingerprint density at radius 2 is 1.79 bits per heavy atom. The zero-order valence-corrected chi connectivity index (χ0v) is 24.1. The molecule has 4 rings (SSSR count). The molecule has 42 heavy (non-hydrogen) atoms. The SMILES string of the molecule is CCN(CCNS(=O)(=O)c1cccc(NC(=O)Oc2cnn(-c3ccc(Cl)cc3)c2C(F)(F)F)c1)c1cccc(C)c1. The minimum absolute atomic E-state index is 0.00327. The van der Waals surface area contributed by atoms with Gasteiger partial charge in [-0.15, -0.1) is 0 Å². The first-order valence-corrected chi connectivity index (χ1v) is 14.5. The molecule has 222 valence electrons. The van der Waals surface area contributed by atoms with Gasteiger partial charge >= 0.3 is 12.3 Å². The second kappa shape index (κ2) is 12.8. The summed E-state index contributed by atoms with van der Waals surface area (Å²) in [6, 6.07) is 18.6. The van der Waals surface area contributed by atoms with E-state index in [1.807, 2.05) is 43.0 Å². The maximum atomic E-state index is 13.9. The van der Waals surface area contributed by atoms with E-state index in [2.05, 4.69) is 15.1 Å². The molecule has 1 heterocycles. The normalized spacial score (nSPS) is 11.8. The Labute approximate surface area is 245 Å². The fourth-order valence-electron chi connectivity index (χ4n) is 4.12. The van der Waals surface area contributed by atoms with Crippen molar-refractivity contribution in [3.05, 3.63) is 95.3 Å². The molecule has 9 nitrogen and oxygen atoms in total. The number of alkyl halides is 3. The van der Waals surface area contributed by atoms with Crippen molar-refractivity contribution < 1.29 is 31.1 Å². The van der Waals surface area contributed by atoms with Crippen molar-refractivity contribution in [2.75, 3.05) is 29.9 Å². The van der Waals surface area contributed by atoms with Gasteiger partial charge in [-0.2, -0.15) is 18.3 Å². The molecule has 14 heteroatoms. The van der Waals surface area contributed by atoms with E-state index in [4.69, 9.17) is 16.3 Å². The van der Waals surface area contributed by atoms with E-state index in [0.29, 0.717) is 22.8 Å². The molecule has 0 saturated heterocycles. The lowest BCUT2D eigenvalue weighted by Crippen LogP contribution is -2.35. The molecule has 0 aliphatic heterocycles.